The van der Waals surface area contributed by atoms with Crippen LogP contribution in [0.1, 0.15) is 37.0 Å². The zero-order valence-corrected chi connectivity index (χ0v) is 14.1. The summed E-state index contributed by atoms with van der Waals surface area (Å²) in [5.41, 5.74) is -3.13. The van der Waals surface area contributed by atoms with Gasteiger partial charge in [-0.2, -0.15) is 23.3 Å². The first-order valence-corrected chi connectivity index (χ1v) is 7.79. The van der Waals surface area contributed by atoms with Crippen LogP contribution in [0, 0.1) is 5.92 Å². The zero-order chi connectivity index (χ0) is 17.4. The van der Waals surface area contributed by atoms with E-state index >= 15 is 0 Å². The van der Waals surface area contributed by atoms with Gasteiger partial charge in [0.05, 0.1) is 0 Å². The van der Waals surface area contributed by atoms with Gasteiger partial charge >= 0.3 is 6.18 Å². The molecule has 0 spiro atoms. The van der Waals surface area contributed by atoms with E-state index in [0.29, 0.717) is 4.47 Å². The topological polar surface area (TPSA) is 52.9 Å². The largest absolute Gasteiger partial charge is 0.438 e. The first kappa shape index (κ1) is 17.9. The average Bonchev–Trinajstić information content (AvgIpc) is 2.75. The molecule has 1 N–H and O–H groups in total. The molecule has 8 heteroatoms. The van der Waals surface area contributed by atoms with Crippen molar-refractivity contribution in [2.24, 2.45) is 11.0 Å². The lowest BCUT2D eigenvalue weighted by Crippen LogP contribution is -2.56. The van der Waals surface area contributed by atoms with Crippen molar-refractivity contribution in [3.63, 3.8) is 0 Å². The lowest BCUT2D eigenvalue weighted by molar-refractivity contribution is -0.297. The minimum atomic E-state index is -5.00. The fraction of sp³-hybridized carbons (Fsp3) is 0.467. The van der Waals surface area contributed by atoms with Gasteiger partial charge in [-0.15, -0.1) is 0 Å². The third-order valence-electron chi connectivity index (χ3n) is 3.42. The summed E-state index contributed by atoms with van der Waals surface area (Å²) in [6.45, 7) is 3.66. The lowest BCUT2D eigenvalue weighted by Gasteiger charge is -2.32. The minimum Gasteiger partial charge on any atom is -0.362 e. The van der Waals surface area contributed by atoms with Gasteiger partial charge in [-0.05, 0) is 36.6 Å². The Morgan fingerprint density at radius 3 is 2.43 bits per heavy atom. The van der Waals surface area contributed by atoms with E-state index in [1.807, 2.05) is 13.8 Å². The zero-order valence-electron chi connectivity index (χ0n) is 12.6. The second-order valence-electron chi connectivity index (χ2n) is 5.88. The number of carbonyl (C=O) groups excluding carboxylic acids is 1. The number of aliphatic hydroxyl groups is 1. The van der Waals surface area contributed by atoms with Gasteiger partial charge < -0.3 is 5.11 Å². The van der Waals surface area contributed by atoms with Crippen molar-refractivity contribution in [1.29, 1.82) is 0 Å². The minimum absolute atomic E-state index is 0.0189. The quantitative estimate of drug-likeness (QED) is 0.846. The molecular formula is C15H16BrF3N2O2. The van der Waals surface area contributed by atoms with Crippen molar-refractivity contribution in [2.45, 2.75) is 38.6 Å². The fourth-order valence-corrected chi connectivity index (χ4v) is 2.62. The number of nitrogens with zero attached hydrogens (tertiary/aromatic N) is 2. The number of rotatable bonds is 3. The van der Waals surface area contributed by atoms with Crippen molar-refractivity contribution in [1.82, 2.24) is 5.01 Å². The van der Waals surface area contributed by atoms with Crippen LogP contribution in [0.3, 0.4) is 0 Å². The molecule has 1 heterocycles. The highest BCUT2D eigenvalue weighted by Crippen LogP contribution is 2.41. The Kier molecular flexibility index (Phi) is 4.86. The molecular weight excluding hydrogens is 377 g/mol. The van der Waals surface area contributed by atoms with Crippen molar-refractivity contribution in [3.8, 4) is 0 Å². The molecule has 0 fully saturated rings. The van der Waals surface area contributed by atoms with Gasteiger partial charge in [0, 0.05) is 22.2 Å². The number of hydrogen-bond acceptors (Lipinski definition) is 3. The Morgan fingerprint density at radius 2 is 1.96 bits per heavy atom. The van der Waals surface area contributed by atoms with Crippen LogP contribution in [0.25, 0.3) is 0 Å². The average molecular weight is 393 g/mol. The summed E-state index contributed by atoms with van der Waals surface area (Å²) in [7, 11) is 0. The number of hydrogen-bond donors (Lipinski definition) is 1. The highest BCUT2D eigenvalue weighted by Gasteiger charge is 2.63. The monoisotopic (exact) mass is 392 g/mol. The summed E-state index contributed by atoms with van der Waals surface area (Å²) in [6, 6.07) is 5.82. The smallest absolute Gasteiger partial charge is 0.362 e. The Labute approximate surface area is 140 Å². The molecule has 1 aromatic carbocycles. The highest BCUT2D eigenvalue weighted by molar-refractivity contribution is 9.10. The van der Waals surface area contributed by atoms with Crippen LogP contribution in [0.2, 0.25) is 0 Å². The van der Waals surface area contributed by atoms with Crippen molar-refractivity contribution in [3.05, 3.63) is 34.3 Å². The van der Waals surface area contributed by atoms with E-state index in [-0.39, 0.29) is 28.6 Å². The molecule has 1 aromatic rings. The number of carbonyl (C=O) groups is 1. The van der Waals surface area contributed by atoms with Crippen LogP contribution in [0.5, 0.6) is 0 Å². The molecule has 0 saturated heterocycles. The molecule has 23 heavy (non-hydrogen) atoms. The van der Waals surface area contributed by atoms with E-state index < -0.39 is 24.2 Å². The molecule has 1 amide bonds. The van der Waals surface area contributed by atoms with Gasteiger partial charge in [0.2, 0.25) is 0 Å². The van der Waals surface area contributed by atoms with E-state index in [1.165, 1.54) is 24.3 Å². The van der Waals surface area contributed by atoms with Gasteiger partial charge in [-0.3, -0.25) is 4.79 Å². The van der Waals surface area contributed by atoms with E-state index in [4.69, 9.17) is 0 Å². The number of benzene rings is 1. The SMILES string of the molecule is CC(C)CC1=NN(C(=O)c2ccc(Br)cc2)C(O)(C(F)(F)F)C1. The summed E-state index contributed by atoms with van der Waals surface area (Å²) >= 11 is 3.19. The molecule has 0 saturated carbocycles. The highest BCUT2D eigenvalue weighted by atomic mass is 79.9. The second kappa shape index (κ2) is 6.24. The molecule has 4 nitrogen and oxygen atoms in total. The van der Waals surface area contributed by atoms with Gasteiger partial charge in [0.25, 0.3) is 11.6 Å². The number of amides is 1. The maximum Gasteiger partial charge on any atom is 0.438 e. The van der Waals surface area contributed by atoms with Crippen molar-refractivity contribution < 1.29 is 23.1 Å². The van der Waals surface area contributed by atoms with E-state index in [1.54, 1.807) is 0 Å². The third-order valence-corrected chi connectivity index (χ3v) is 3.95. The first-order chi connectivity index (χ1) is 10.5. The number of halogens is 4. The molecule has 0 bridgehead atoms. The molecule has 1 aliphatic heterocycles. The Bertz CT molecular complexity index is 629. The molecule has 0 aliphatic carbocycles. The predicted molar refractivity (Wildman–Crippen MR) is 82.8 cm³/mol. The van der Waals surface area contributed by atoms with E-state index in [9.17, 15) is 23.1 Å². The van der Waals surface area contributed by atoms with Crippen LogP contribution in [0.4, 0.5) is 13.2 Å². The number of hydrazone groups is 1. The predicted octanol–water partition coefficient (Wildman–Crippen LogP) is 3.95. The van der Waals surface area contributed by atoms with Crippen LogP contribution >= 0.6 is 15.9 Å². The Hall–Kier alpha value is -1.41. The Morgan fingerprint density at radius 1 is 1.39 bits per heavy atom. The van der Waals surface area contributed by atoms with Crippen molar-refractivity contribution in [2.75, 3.05) is 0 Å². The maximum absolute atomic E-state index is 13.3. The molecule has 1 unspecified atom stereocenters. The first-order valence-electron chi connectivity index (χ1n) is 7.00. The summed E-state index contributed by atoms with van der Waals surface area (Å²) in [4.78, 5) is 12.4. The van der Waals surface area contributed by atoms with Gasteiger partial charge in [-0.1, -0.05) is 29.8 Å². The second-order valence-corrected chi connectivity index (χ2v) is 6.79. The summed E-state index contributed by atoms with van der Waals surface area (Å²) in [5, 5.41) is 14.0. The molecule has 1 atom stereocenters. The normalized spacial score (nSPS) is 21.7. The van der Waals surface area contributed by atoms with Crippen molar-refractivity contribution >= 4 is 27.5 Å². The summed E-state index contributed by atoms with van der Waals surface area (Å²) < 4.78 is 40.6. The third kappa shape index (κ3) is 3.58. The molecule has 126 valence electrons. The molecule has 0 radical (unpaired) electrons. The van der Waals surface area contributed by atoms with Gasteiger partial charge in [-0.25, -0.2) is 0 Å². The van der Waals surface area contributed by atoms with E-state index in [2.05, 4.69) is 21.0 Å². The standard InChI is InChI=1S/C15H16BrF3N2O2/c1-9(2)7-12-8-14(23,15(17,18)19)21(20-12)13(22)10-3-5-11(16)6-4-10/h3-6,9,23H,7-8H2,1-2H3. The summed E-state index contributed by atoms with van der Waals surface area (Å²) in [5.74, 6) is -0.926. The van der Waals surface area contributed by atoms with Gasteiger partial charge in [0.15, 0.2) is 0 Å². The molecule has 0 aromatic heterocycles. The fourth-order valence-electron chi connectivity index (χ4n) is 2.35. The van der Waals surface area contributed by atoms with Gasteiger partial charge in [0.1, 0.15) is 0 Å². The van der Waals surface area contributed by atoms with Crippen LogP contribution < -0.4 is 0 Å². The van der Waals surface area contributed by atoms with Crippen LogP contribution in [0.15, 0.2) is 33.8 Å². The van der Waals surface area contributed by atoms with Crippen LogP contribution in [-0.4, -0.2) is 33.6 Å². The van der Waals surface area contributed by atoms with E-state index in [0.717, 1.165) is 0 Å². The maximum atomic E-state index is 13.3. The Balaban J connectivity index is 2.39. The summed E-state index contributed by atoms with van der Waals surface area (Å²) in [6.07, 6.45) is -5.44. The molecule has 1 aliphatic rings. The lowest BCUT2D eigenvalue weighted by atomic mass is 9.99. The number of alkyl halides is 3. The van der Waals surface area contributed by atoms with Crippen LogP contribution in [-0.2, 0) is 0 Å². The molecule has 2 rings (SSSR count).